The van der Waals surface area contributed by atoms with E-state index in [-0.39, 0.29) is 42.1 Å². The van der Waals surface area contributed by atoms with Gasteiger partial charge in [-0.25, -0.2) is 19.2 Å². The van der Waals surface area contributed by atoms with Crippen molar-refractivity contribution < 1.29 is 18.8 Å². The smallest absolute Gasteiger partial charge is 0.337 e. The molecule has 1 aliphatic rings. The van der Waals surface area contributed by atoms with Gasteiger partial charge in [-0.1, -0.05) is 26.8 Å². The molecule has 1 aromatic heterocycles. The minimum Gasteiger partial charge on any atom is -0.340 e. The van der Waals surface area contributed by atoms with Crippen LogP contribution in [0.25, 0.3) is 11.3 Å². The summed E-state index contributed by atoms with van der Waals surface area (Å²) in [4.78, 5) is 48.2. The zero-order valence-corrected chi connectivity index (χ0v) is 23.4. The van der Waals surface area contributed by atoms with Crippen LogP contribution < -0.4 is 10.7 Å². The number of amides is 4. The van der Waals surface area contributed by atoms with Gasteiger partial charge in [0.25, 0.3) is 0 Å². The van der Waals surface area contributed by atoms with E-state index in [9.17, 15) is 18.8 Å². The van der Waals surface area contributed by atoms with Gasteiger partial charge < -0.3 is 15.2 Å². The number of hydrogen-bond acceptors (Lipinski definition) is 4. The zero-order chi connectivity index (χ0) is 28.0. The van der Waals surface area contributed by atoms with Crippen molar-refractivity contribution in [2.75, 3.05) is 13.1 Å². The van der Waals surface area contributed by atoms with E-state index in [0.717, 1.165) is 29.8 Å². The Balaban J connectivity index is 1.71. The number of nitrogens with one attached hydrogen (secondary N) is 3. The topological polar surface area (TPSA) is 110 Å². The number of carbonyl (C=O) groups excluding carboxylic acids is 3. The molecular formula is C28H41FN6O3. The number of rotatable bonds is 7. The monoisotopic (exact) mass is 528 g/mol. The molecule has 2 aromatic rings. The fourth-order valence-electron chi connectivity index (χ4n) is 4.42. The molecular weight excluding hydrogens is 487 g/mol. The van der Waals surface area contributed by atoms with E-state index in [1.165, 1.54) is 12.3 Å². The van der Waals surface area contributed by atoms with Crippen LogP contribution in [0.1, 0.15) is 84.2 Å². The second-order valence-corrected chi connectivity index (χ2v) is 11.5. The van der Waals surface area contributed by atoms with Crippen LogP contribution in [0.2, 0.25) is 0 Å². The number of piperidine rings is 1. The molecule has 3 N–H and O–H groups in total. The fraction of sp³-hybridized carbons (Fsp3) is 0.571. The molecule has 38 heavy (non-hydrogen) atoms. The minimum absolute atomic E-state index is 0.0497. The van der Waals surface area contributed by atoms with Gasteiger partial charge in [0.05, 0.1) is 17.9 Å². The average Bonchev–Trinajstić information content (AvgIpc) is 3.32. The first-order valence-electron chi connectivity index (χ1n) is 13.3. The first-order chi connectivity index (χ1) is 17.8. The number of imidazole rings is 1. The zero-order valence-electron chi connectivity index (χ0n) is 23.4. The number of benzene rings is 1. The number of hydrogen-bond donors (Lipinski definition) is 3. The second-order valence-electron chi connectivity index (χ2n) is 11.5. The predicted octanol–water partition coefficient (Wildman–Crippen LogP) is 4.86. The van der Waals surface area contributed by atoms with Crippen molar-refractivity contribution in [3.63, 3.8) is 0 Å². The molecule has 2 atom stereocenters. The third-order valence-corrected chi connectivity index (χ3v) is 6.78. The number of H-pyrrole nitrogens is 1. The molecule has 0 bridgehead atoms. The summed E-state index contributed by atoms with van der Waals surface area (Å²) in [6.07, 6.45) is 5.26. The molecule has 4 amide bonds. The molecule has 1 fully saturated rings. The molecule has 1 aliphatic heterocycles. The molecule has 10 heteroatoms. The van der Waals surface area contributed by atoms with Crippen LogP contribution in [0.3, 0.4) is 0 Å². The summed E-state index contributed by atoms with van der Waals surface area (Å²) < 4.78 is 14.4. The van der Waals surface area contributed by atoms with Crippen molar-refractivity contribution in [3.05, 3.63) is 41.6 Å². The number of carbonyl (C=O) groups is 3. The third-order valence-electron chi connectivity index (χ3n) is 6.78. The van der Waals surface area contributed by atoms with Crippen molar-refractivity contribution in [2.24, 2.45) is 5.41 Å². The molecule has 0 radical (unpaired) electrons. The number of aromatic nitrogens is 2. The van der Waals surface area contributed by atoms with Gasteiger partial charge in [0.15, 0.2) is 0 Å². The molecule has 2 heterocycles. The summed E-state index contributed by atoms with van der Waals surface area (Å²) in [5, 5.41) is 3.85. The molecule has 0 spiro atoms. The van der Waals surface area contributed by atoms with Gasteiger partial charge in [-0.2, -0.15) is 0 Å². The van der Waals surface area contributed by atoms with E-state index < -0.39 is 12.1 Å². The summed E-state index contributed by atoms with van der Waals surface area (Å²) in [7, 11) is 0. The Morgan fingerprint density at radius 2 is 2.00 bits per heavy atom. The van der Waals surface area contributed by atoms with Gasteiger partial charge in [0, 0.05) is 24.6 Å². The second kappa shape index (κ2) is 12.4. The highest BCUT2D eigenvalue weighted by atomic mass is 19.1. The molecule has 208 valence electrons. The maximum atomic E-state index is 14.4. The van der Waals surface area contributed by atoms with Crippen LogP contribution in [0.15, 0.2) is 24.4 Å². The summed E-state index contributed by atoms with van der Waals surface area (Å²) in [6, 6.07) is 3.79. The number of likely N-dealkylation sites (tertiary alicyclic amines) is 1. The van der Waals surface area contributed by atoms with E-state index in [2.05, 4.69) is 20.7 Å². The third kappa shape index (κ3) is 8.03. The Morgan fingerprint density at radius 3 is 2.66 bits per heavy atom. The van der Waals surface area contributed by atoms with Gasteiger partial charge in [-0.15, -0.1) is 0 Å². The lowest BCUT2D eigenvalue weighted by atomic mass is 9.90. The van der Waals surface area contributed by atoms with Crippen molar-refractivity contribution in [1.82, 2.24) is 30.6 Å². The number of aryl methyl sites for hydroxylation is 1. The summed E-state index contributed by atoms with van der Waals surface area (Å²) in [6.45, 7) is 12.0. The number of halogens is 1. The Labute approximate surface area is 224 Å². The first kappa shape index (κ1) is 29.1. The van der Waals surface area contributed by atoms with E-state index in [1.807, 2.05) is 40.7 Å². The van der Waals surface area contributed by atoms with Crippen molar-refractivity contribution in [1.29, 1.82) is 0 Å². The maximum absolute atomic E-state index is 14.4. The quantitative estimate of drug-likeness (QED) is 0.446. The average molecular weight is 529 g/mol. The predicted molar refractivity (Wildman–Crippen MR) is 144 cm³/mol. The largest absolute Gasteiger partial charge is 0.340 e. The SMILES string of the molecule is Cc1ccc(-c2cnc([C@H](C)NC(=O)N(CC(=O)N3CCCC[C@@H]3C)NC(=O)CCC(C)(C)C)[nH]2)c(F)c1. The maximum Gasteiger partial charge on any atom is 0.337 e. The van der Waals surface area contributed by atoms with Gasteiger partial charge >= 0.3 is 6.03 Å². The molecule has 3 rings (SSSR count). The van der Waals surface area contributed by atoms with Crippen LogP contribution in [0.5, 0.6) is 0 Å². The normalized spacial score (nSPS) is 16.6. The molecule has 1 aromatic carbocycles. The molecule has 0 unspecified atom stereocenters. The van der Waals surface area contributed by atoms with Crippen molar-refractivity contribution in [3.8, 4) is 11.3 Å². The van der Waals surface area contributed by atoms with Crippen molar-refractivity contribution >= 4 is 17.8 Å². The number of hydrazine groups is 1. The summed E-state index contributed by atoms with van der Waals surface area (Å²) in [5.74, 6) is -0.501. The van der Waals surface area contributed by atoms with E-state index in [1.54, 1.807) is 17.9 Å². The van der Waals surface area contributed by atoms with Crippen LogP contribution in [0.4, 0.5) is 9.18 Å². The van der Waals surface area contributed by atoms with Gasteiger partial charge in [-0.05, 0) is 69.6 Å². The van der Waals surface area contributed by atoms with Crippen LogP contribution in [0, 0.1) is 18.2 Å². The lowest BCUT2D eigenvalue weighted by Crippen LogP contribution is -2.56. The van der Waals surface area contributed by atoms with Gasteiger partial charge in [0.2, 0.25) is 11.8 Å². The molecule has 9 nitrogen and oxygen atoms in total. The number of nitrogens with zero attached hydrogens (tertiary/aromatic N) is 3. The molecule has 0 aliphatic carbocycles. The Bertz CT molecular complexity index is 1140. The van der Waals surface area contributed by atoms with E-state index in [4.69, 9.17) is 0 Å². The number of urea groups is 1. The van der Waals surface area contributed by atoms with Gasteiger partial charge in [-0.3, -0.25) is 15.0 Å². The first-order valence-corrected chi connectivity index (χ1v) is 13.3. The highest BCUT2D eigenvalue weighted by Crippen LogP contribution is 2.24. The lowest BCUT2D eigenvalue weighted by Gasteiger charge is -2.35. The van der Waals surface area contributed by atoms with Crippen molar-refractivity contribution in [2.45, 2.75) is 85.7 Å². The van der Waals surface area contributed by atoms with Crippen LogP contribution in [-0.2, 0) is 9.59 Å². The standard InChI is InChI=1S/C28H41FN6O3/c1-18-10-11-21(22(29)15-18)23-16-30-26(32-23)20(3)31-27(38)35(33-24(36)12-13-28(4,5)6)17-25(37)34-14-8-7-9-19(34)2/h10-11,15-16,19-20H,7-9,12-14,17H2,1-6H3,(H,30,32)(H,31,38)(H,33,36)/t19-,20-/m0/s1. The highest BCUT2D eigenvalue weighted by molar-refractivity contribution is 5.87. The highest BCUT2D eigenvalue weighted by Gasteiger charge is 2.28. The van der Waals surface area contributed by atoms with E-state index >= 15 is 0 Å². The summed E-state index contributed by atoms with van der Waals surface area (Å²) in [5.41, 5.74) is 4.25. The Kier molecular flexibility index (Phi) is 9.51. The Morgan fingerprint density at radius 1 is 1.26 bits per heavy atom. The fourth-order valence-corrected chi connectivity index (χ4v) is 4.42. The van der Waals surface area contributed by atoms with Gasteiger partial charge in [0.1, 0.15) is 18.2 Å². The minimum atomic E-state index is -0.626. The molecule has 0 saturated carbocycles. The lowest BCUT2D eigenvalue weighted by molar-refractivity contribution is -0.136. The van der Waals surface area contributed by atoms with E-state index in [0.29, 0.717) is 30.0 Å². The Hall–Kier alpha value is -3.43. The summed E-state index contributed by atoms with van der Waals surface area (Å²) >= 11 is 0. The number of aromatic amines is 1. The molecule has 1 saturated heterocycles. The van der Waals surface area contributed by atoms with Crippen LogP contribution in [-0.4, -0.2) is 56.9 Å². The van der Waals surface area contributed by atoms with Crippen LogP contribution >= 0.6 is 0 Å².